The van der Waals surface area contributed by atoms with E-state index in [1.165, 1.54) is 18.0 Å². The highest BCUT2D eigenvalue weighted by Gasteiger charge is 1.98. The summed E-state index contributed by atoms with van der Waals surface area (Å²) in [6, 6.07) is 0. The first-order chi connectivity index (χ1) is 4.24. The highest BCUT2D eigenvalue weighted by atomic mass is 16.6. The Hall–Kier alpha value is -1.39. The second kappa shape index (κ2) is 1.85. The Labute approximate surface area is 52.2 Å². The van der Waals surface area contributed by atoms with Crippen LogP contribution in [0.15, 0.2) is 6.20 Å². The van der Waals surface area contributed by atoms with Crippen LogP contribution in [-0.4, -0.2) is 16.8 Å². The van der Waals surface area contributed by atoms with E-state index in [0.29, 0.717) is 5.82 Å². The largest absolute Gasteiger partial charge is 0.414 e. The molecule has 9 heavy (non-hydrogen) atoms. The molecule has 0 saturated carbocycles. The zero-order valence-corrected chi connectivity index (χ0v) is 5.03. The fourth-order valence-corrected chi connectivity index (χ4v) is 0.543. The van der Waals surface area contributed by atoms with Crippen molar-refractivity contribution in [2.24, 2.45) is 0 Å². The van der Waals surface area contributed by atoms with E-state index in [1.807, 2.05) is 0 Å². The number of nitrogen functional groups attached to an aromatic ring is 2. The van der Waals surface area contributed by atoms with Crippen LogP contribution in [0.1, 0.15) is 0 Å². The molecule has 0 radical (unpaired) electrons. The Kier molecular flexibility index (Phi) is 1.18. The monoisotopic (exact) mass is 128 g/mol. The van der Waals surface area contributed by atoms with E-state index in [1.54, 1.807) is 0 Å². The molecule has 0 aliphatic rings. The molecule has 50 valence electrons. The standard InChI is InChI=1S/C4H8N4O/c1-9-8-2-3(5)7-4(8)6/h2H,5H2,1H3,(H2,6,7). The van der Waals surface area contributed by atoms with Crippen LogP contribution < -0.4 is 16.3 Å². The fraction of sp³-hybridized carbons (Fsp3) is 0.250. The Morgan fingerprint density at radius 1 is 1.67 bits per heavy atom. The maximum Gasteiger partial charge on any atom is 0.236 e. The van der Waals surface area contributed by atoms with Crippen molar-refractivity contribution in [1.82, 2.24) is 9.71 Å². The van der Waals surface area contributed by atoms with E-state index >= 15 is 0 Å². The maximum atomic E-state index is 5.30. The van der Waals surface area contributed by atoms with Crippen molar-refractivity contribution in [2.75, 3.05) is 18.6 Å². The number of aromatic nitrogens is 2. The van der Waals surface area contributed by atoms with Crippen LogP contribution in [0.2, 0.25) is 0 Å². The molecule has 0 aliphatic carbocycles. The molecule has 0 unspecified atom stereocenters. The molecule has 0 saturated heterocycles. The first-order valence-corrected chi connectivity index (χ1v) is 2.39. The summed E-state index contributed by atoms with van der Waals surface area (Å²) in [5.74, 6) is 0.615. The number of anilines is 2. The summed E-state index contributed by atoms with van der Waals surface area (Å²) < 4.78 is 1.29. The minimum atomic E-state index is 0.259. The molecule has 0 aromatic carbocycles. The van der Waals surface area contributed by atoms with Crippen LogP contribution in [0, 0.1) is 0 Å². The average Bonchev–Trinajstić information content (AvgIpc) is 2.10. The van der Waals surface area contributed by atoms with Crippen LogP contribution in [0.25, 0.3) is 0 Å². The lowest BCUT2D eigenvalue weighted by atomic mass is 10.8. The minimum Gasteiger partial charge on any atom is -0.414 e. The number of imidazole rings is 1. The molecular formula is C4H8N4O. The molecule has 4 N–H and O–H groups in total. The Morgan fingerprint density at radius 3 is 2.56 bits per heavy atom. The van der Waals surface area contributed by atoms with E-state index in [2.05, 4.69) is 4.98 Å². The summed E-state index contributed by atoms with van der Waals surface area (Å²) in [6.45, 7) is 0. The summed E-state index contributed by atoms with van der Waals surface area (Å²) in [7, 11) is 1.48. The topological polar surface area (TPSA) is 79.1 Å². The summed E-state index contributed by atoms with van der Waals surface area (Å²) >= 11 is 0. The Morgan fingerprint density at radius 2 is 2.33 bits per heavy atom. The van der Waals surface area contributed by atoms with Gasteiger partial charge in [-0.3, -0.25) is 0 Å². The first-order valence-electron chi connectivity index (χ1n) is 2.39. The second-order valence-electron chi connectivity index (χ2n) is 1.53. The second-order valence-corrected chi connectivity index (χ2v) is 1.53. The molecule has 1 heterocycles. The SMILES string of the molecule is COn1cc(N)nc1N. The average molecular weight is 128 g/mol. The quantitative estimate of drug-likeness (QED) is 0.514. The number of hydrogen-bond donors (Lipinski definition) is 2. The summed E-state index contributed by atoms with van der Waals surface area (Å²) in [5.41, 5.74) is 10.6. The molecule has 5 heteroatoms. The van der Waals surface area contributed by atoms with Gasteiger partial charge in [0.2, 0.25) is 5.95 Å². The van der Waals surface area contributed by atoms with Gasteiger partial charge in [0.05, 0.1) is 6.20 Å². The molecule has 1 aromatic rings. The summed E-state index contributed by atoms with van der Waals surface area (Å²) in [6.07, 6.45) is 1.50. The molecule has 0 aliphatic heterocycles. The maximum absolute atomic E-state index is 5.30. The van der Waals surface area contributed by atoms with Gasteiger partial charge >= 0.3 is 0 Å². The van der Waals surface area contributed by atoms with Gasteiger partial charge < -0.3 is 16.3 Å². The van der Waals surface area contributed by atoms with E-state index in [4.69, 9.17) is 16.3 Å². The van der Waals surface area contributed by atoms with E-state index in [-0.39, 0.29) is 5.95 Å². The molecule has 5 nitrogen and oxygen atoms in total. The van der Waals surface area contributed by atoms with Crippen LogP contribution in [0.5, 0.6) is 0 Å². The van der Waals surface area contributed by atoms with Gasteiger partial charge in [0, 0.05) is 0 Å². The Balaban J connectivity index is 3.01. The van der Waals surface area contributed by atoms with Crippen LogP contribution in [0.4, 0.5) is 11.8 Å². The van der Waals surface area contributed by atoms with Crippen molar-refractivity contribution in [3.05, 3.63) is 6.20 Å². The molecule has 1 rings (SSSR count). The van der Waals surface area contributed by atoms with E-state index in [9.17, 15) is 0 Å². The molecule has 0 fully saturated rings. The molecular weight excluding hydrogens is 120 g/mol. The van der Waals surface area contributed by atoms with Gasteiger partial charge in [-0.05, 0) is 0 Å². The highest BCUT2D eigenvalue weighted by Crippen LogP contribution is 2.02. The van der Waals surface area contributed by atoms with Gasteiger partial charge in [-0.25, -0.2) is 0 Å². The third-order valence-corrected chi connectivity index (χ3v) is 0.916. The molecule has 0 bridgehead atoms. The lowest BCUT2D eigenvalue weighted by Crippen LogP contribution is -2.07. The van der Waals surface area contributed by atoms with Gasteiger partial charge in [-0.15, -0.1) is 0 Å². The molecule has 0 amide bonds. The molecule has 0 atom stereocenters. The van der Waals surface area contributed by atoms with Gasteiger partial charge in [0.1, 0.15) is 12.9 Å². The van der Waals surface area contributed by atoms with E-state index in [0.717, 1.165) is 0 Å². The molecule has 1 aromatic heterocycles. The van der Waals surface area contributed by atoms with Crippen molar-refractivity contribution in [2.45, 2.75) is 0 Å². The van der Waals surface area contributed by atoms with Crippen molar-refractivity contribution in [1.29, 1.82) is 0 Å². The van der Waals surface area contributed by atoms with E-state index < -0.39 is 0 Å². The first kappa shape index (κ1) is 5.74. The predicted molar refractivity (Wildman–Crippen MR) is 33.6 cm³/mol. The number of nitrogens with zero attached hydrogens (tertiary/aromatic N) is 2. The summed E-state index contributed by atoms with van der Waals surface area (Å²) in [5, 5.41) is 0. The van der Waals surface area contributed by atoms with Crippen LogP contribution >= 0.6 is 0 Å². The smallest absolute Gasteiger partial charge is 0.236 e. The number of rotatable bonds is 1. The van der Waals surface area contributed by atoms with Gasteiger partial charge in [-0.2, -0.15) is 9.71 Å². The number of hydrogen-bond acceptors (Lipinski definition) is 4. The number of nitrogens with two attached hydrogens (primary N) is 2. The van der Waals surface area contributed by atoms with Gasteiger partial charge in [0.25, 0.3) is 0 Å². The Bertz CT molecular complexity index is 206. The van der Waals surface area contributed by atoms with Crippen molar-refractivity contribution in [3.8, 4) is 0 Å². The van der Waals surface area contributed by atoms with Crippen LogP contribution in [-0.2, 0) is 0 Å². The van der Waals surface area contributed by atoms with Crippen LogP contribution in [0.3, 0.4) is 0 Å². The van der Waals surface area contributed by atoms with Crippen molar-refractivity contribution in [3.63, 3.8) is 0 Å². The van der Waals surface area contributed by atoms with Gasteiger partial charge in [0.15, 0.2) is 0 Å². The summed E-state index contributed by atoms with van der Waals surface area (Å²) in [4.78, 5) is 8.39. The predicted octanol–water partition coefficient (Wildman–Crippen LogP) is -0.894. The highest BCUT2D eigenvalue weighted by molar-refractivity contribution is 5.33. The zero-order chi connectivity index (χ0) is 6.85. The normalized spacial score (nSPS) is 9.44. The third-order valence-electron chi connectivity index (χ3n) is 0.916. The zero-order valence-electron chi connectivity index (χ0n) is 5.03. The lowest BCUT2D eigenvalue weighted by molar-refractivity contribution is 0.172. The fourth-order valence-electron chi connectivity index (χ4n) is 0.543. The molecule has 0 spiro atoms. The third kappa shape index (κ3) is 0.883. The van der Waals surface area contributed by atoms with Crippen molar-refractivity contribution >= 4 is 11.8 Å². The van der Waals surface area contributed by atoms with Gasteiger partial charge in [-0.1, -0.05) is 0 Å². The minimum absolute atomic E-state index is 0.259. The van der Waals surface area contributed by atoms with Crippen molar-refractivity contribution < 1.29 is 4.84 Å². The lowest BCUT2D eigenvalue weighted by Gasteiger charge is -1.97.